The maximum atomic E-state index is 12.4. The highest BCUT2D eigenvalue weighted by molar-refractivity contribution is 6.76. The fraction of sp³-hybridized carbons (Fsp3) is 0.812. The Hall–Kier alpha value is -0.453. The molecule has 0 saturated heterocycles. The molecule has 0 aliphatic heterocycles. The second kappa shape index (κ2) is 5.74. The van der Waals surface area contributed by atoms with Gasteiger partial charge in [-0.05, 0) is 25.3 Å². The molecule has 4 heteroatoms. The standard InChI is InChI=1S/C16H28O3Si/c1-12-10-16(2)7-6-13(12)14(17)15(16)19-11-18-8-9-20(3,4)5/h13,15H,1,6-11H2,2-5H3/t13-,15-,16+/m0/s1. The minimum atomic E-state index is -1.06. The molecular weight excluding hydrogens is 268 g/mol. The van der Waals surface area contributed by atoms with Crippen molar-refractivity contribution in [3.05, 3.63) is 12.2 Å². The van der Waals surface area contributed by atoms with Gasteiger partial charge in [-0.2, -0.15) is 0 Å². The van der Waals surface area contributed by atoms with Gasteiger partial charge in [-0.25, -0.2) is 0 Å². The summed E-state index contributed by atoms with van der Waals surface area (Å²) in [6, 6.07) is 1.13. The van der Waals surface area contributed by atoms with Crippen LogP contribution in [0, 0.1) is 11.3 Å². The predicted octanol–water partition coefficient (Wildman–Crippen LogP) is 3.63. The first-order valence-corrected chi connectivity index (χ1v) is 11.3. The molecule has 3 nitrogen and oxygen atoms in total. The molecule has 0 aromatic rings. The zero-order valence-corrected chi connectivity index (χ0v) is 14.3. The lowest BCUT2D eigenvalue weighted by Crippen LogP contribution is -2.53. The SMILES string of the molecule is C=C1C[C@@]2(C)CC[C@@H]1C(=O)[C@@H]2OCOCC[Si](C)(C)C. The molecule has 3 fully saturated rings. The molecule has 2 bridgehead atoms. The van der Waals surface area contributed by atoms with E-state index < -0.39 is 8.07 Å². The summed E-state index contributed by atoms with van der Waals surface area (Å²) < 4.78 is 11.4. The summed E-state index contributed by atoms with van der Waals surface area (Å²) in [7, 11) is -1.06. The lowest BCUT2D eigenvalue weighted by atomic mass is 9.57. The smallest absolute Gasteiger partial charge is 0.169 e. The van der Waals surface area contributed by atoms with Gasteiger partial charge in [-0.1, -0.05) is 38.7 Å². The Balaban J connectivity index is 1.81. The van der Waals surface area contributed by atoms with E-state index in [4.69, 9.17) is 9.47 Å². The maximum Gasteiger partial charge on any atom is 0.169 e. The highest BCUT2D eigenvalue weighted by Crippen LogP contribution is 2.51. The van der Waals surface area contributed by atoms with Crippen LogP contribution in [-0.4, -0.2) is 33.4 Å². The van der Waals surface area contributed by atoms with Crippen LogP contribution in [0.3, 0.4) is 0 Å². The molecule has 114 valence electrons. The molecule has 3 aliphatic rings. The molecule has 3 atom stereocenters. The van der Waals surface area contributed by atoms with Crippen molar-refractivity contribution in [2.24, 2.45) is 11.3 Å². The molecule has 3 aliphatic carbocycles. The number of rotatable bonds is 6. The van der Waals surface area contributed by atoms with E-state index in [9.17, 15) is 4.79 Å². The number of carbonyl (C=O) groups excluding carboxylic acids is 1. The Morgan fingerprint density at radius 2 is 2.10 bits per heavy atom. The lowest BCUT2D eigenvalue weighted by molar-refractivity contribution is -0.172. The van der Waals surface area contributed by atoms with E-state index in [2.05, 4.69) is 33.1 Å². The van der Waals surface area contributed by atoms with E-state index in [1.54, 1.807) is 0 Å². The zero-order chi connectivity index (χ0) is 15.0. The number of ketones is 1. The molecule has 0 spiro atoms. The summed E-state index contributed by atoms with van der Waals surface area (Å²) in [4.78, 5) is 12.4. The van der Waals surface area contributed by atoms with Crippen molar-refractivity contribution in [1.82, 2.24) is 0 Å². The third-order valence-electron chi connectivity index (χ3n) is 4.68. The molecule has 0 N–H and O–H groups in total. The van der Waals surface area contributed by atoms with E-state index in [1.807, 2.05) is 0 Å². The summed E-state index contributed by atoms with van der Waals surface area (Å²) in [6.07, 6.45) is 2.63. The molecule has 0 radical (unpaired) electrons. The molecular formula is C16H28O3Si. The second-order valence-corrected chi connectivity index (χ2v) is 13.5. The first kappa shape index (κ1) is 15.9. The summed E-state index contributed by atoms with van der Waals surface area (Å²) in [5, 5.41) is 0. The fourth-order valence-electron chi connectivity index (χ4n) is 3.34. The first-order valence-electron chi connectivity index (χ1n) is 7.64. The van der Waals surface area contributed by atoms with Crippen LogP contribution in [0.25, 0.3) is 0 Å². The van der Waals surface area contributed by atoms with Gasteiger partial charge in [0, 0.05) is 26.0 Å². The minimum absolute atomic E-state index is 0.0313. The van der Waals surface area contributed by atoms with Gasteiger partial charge < -0.3 is 9.47 Å². The molecule has 0 unspecified atom stereocenters. The number of Topliss-reactive ketones (excluding diaryl/α,β-unsaturated/α-hetero) is 1. The van der Waals surface area contributed by atoms with Crippen LogP contribution >= 0.6 is 0 Å². The minimum Gasteiger partial charge on any atom is -0.356 e. The van der Waals surface area contributed by atoms with Gasteiger partial charge in [-0.3, -0.25) is 4.79 Å². The predicted molar refractivity (Wildman–Crippen MR) is 83.4 cm³/mol. The van der Waals surface area contributed by atoms with E-state index in [0.29, 0.717) is 0 Å². The number of ether oxygens (including phenoxy) is 2. The number of hydrogen-bond acceptors (Lipinski definition) is 3. The van der Waals surface area contributed by atoms with Gasteiger partial charge >= 0.3 is 0 Å². The van der Waals surface area contributed by atoms with Gasteiger partial charge in [0.1, 0.15) is 12.9 Å². The van der Waals surface area contributed by atoms with E-state index in [-0.39, 0.29) is 30.0 Å². The van der Waals surface area contributed by atoms with Crippen LogP contribution in [-0.2, 0) is 14.3 Å². The Labute approximate surface area is 123 Å². The summed E-state index contributed by atoms with van der Waals surface area (Å²) in [6.45, 7) is 14.2. The molecule has 3 saturated carbocycles. The number of fused-ring (bicyclic) bond motifs is 3. The van der Waals surface area contributed by atoms with Gasteiger partial charge in [0.2, 0.25) is 0 Å². The Kier molecular flexibility index (Phi) is 4.57. The van der Waals surface area contributed by atoms with Crippen LogP contribution in [0.2, 0.25) is 25.7 Å². The number of hydrogen-bond donors (Lipinski definition) is 0. The molecule has 0 heterocycles. The maximum absolute atomic E-state index is 12.4. The number of carbonyl (C=O) groups is 1. The van der Waals surface area contributed by atoms with Crippen LogP contribution in [0.15, 0.2) is 12.2 Å². The molecule has 3 rings (SSSR count). The molecule has 0 amide bonds. The average molecular weight is 296 g/mol. The molecule has 0 aromatic carbocycles. The Morgan fingerprint density at radius 1 is 1.40 bits per heavy atom. The van der Waals surface area contributed by atoms with Crippen LogP contribution in [0.4, 0.5) is 0 Å². The quantitative estimate of drug-likeness (QED) is 0.325. The zero-order valence-electron chi connectivity index (χ0n) is 13.3. The van der Waals surface area contributed by atoms with Crippen LogP contribution in [0.5, 0.6) is 0 Å². The van der Waals surface area contributed by atoms with Gasteiger partial charge in [0.25, 0.3) is 0 Å². The van der Waals surface area contributed by atoms with Crippen molar-refractivity contribution >= 4 is 13.9 Å². The molecule has 20 heavy (non-hydrogen) atoms. The fourth-order valence-corrected chi connectivity index (χ4v) is 4.10. The van der Waals surface area contributed by atoms with Gasteiger partial charge in [0.15, 0.2) is 5.78 Å². The molecule has 0 aromatic heterocycles. The Bertz CT molecular complexity index is 399. The number of allylic oxidation sites excluding steroid dienone is 1. The highest BCUT2D eigenvalue weighted by atomic mass is 28.3. The lowest BCUT2D eigenvalue weighted by Gasteiger charge is -2.49. The van der Waals surface area contributed by atoms with Crippen molar-refractivity contribution in [2.75, 3.05) is 13.4 Å². The first-order chi connectivity index (χ1) is 9.23. The largest absolute Gasteiger partial charge is 0.356 e. The second-order valence-electron chi connectivity index (χ2n) is 7.87. The summed E-state index contributed by atoms with van der Waals surface area (Å²) in [5.74, 6) is 0.257. The summed E-state index contributed by atoms with van der Waals surface area (Å²) >= 11 is 0. The van der Waals surface area contributed by atoms with E-state index in [1.165, 1.54) is 0 Å². The van der Waals surface area contributed by atoms with Crippen molar-refractivity contribution in [1.29, 1.82) is 0 Å². The van der Waals surface area contributed by atoms with Crippen LogP contribution in [0.1, 0.15) is 26.2 Å². The van der Waals surface area contributed by atoms with Gasteiger partial charge in [0.05, 0.1) is 0 Å². The normalized spacial score (nSPS) is 33.8. The van der Waals surface area contributed by atoms with Crippen molar-refractivity contribution < 1.29 is 14.3 Å². The third kappa shape index (κ3) is 3.41. The average Bonchev–Trinajstić information content (AvgIpc) is 2.30. The topological polar surface area (TPSA) is 35.5 Å². The van der Waals surface area contributed by atoms with E-state index in [0.717, 1.165) is 37.5 Å². The van der Waals surface area contributed by atoms with Crippen molar-refractivity contribution in [3.8, 4) is 0 Å². The highest BCUT2D eigenvalue weighted by Gasteiger charge is 2.52. The Morgan fingerprint density at radius 3 is 2.65 bits per heavy atom. The van der Waals surface area contributed by atoms with E-state index >= 15 is 0 Å². The van der Waals surface area contributed by atoms with Gasteiger partial charge in [-0.15, -0.1) is 0 Å². The van der Waals surface area contributed by atoms with Crippen LogP contribution < -0.4 is 0 Å². The summed E-state index contributed by atoms with van der Waals surface area (Å²) in [5.41, 5.74) is 1.04. The third-order valence-corrected chi connectivity index (χ3v) is 6.38. The monoisotopic (exact) mass is 296 g/mol. The van der Waals surface area contributed by atoms with Crippen molar-refractivity contribution in [3.63, 3.8) is 0 Å². The van der Waals surface area contributed by atoms with Crippen molar-refractivity contribution in [2.45, 2.75) is 58.0 Å².